The number of nitrogens with one attached hydrogen (secondary N) is 2. The predicted octanol–water partition coefficient (Wildman–Crippen LogP) is 1.72. The minimum atomic E-state index is -3.49. The highest BCUT2D eigenvalue weighted by atomic mass is 35.5. The molecule has 0 aliphatic carbocycles. The third-order valence-corrected chi connectivity index (χ3v) is 5.21. The van der Waals surface area contributed by atoms with Crippen molar-refractivity contribution >= 4 is 39.7 Å². The summed E-state index contributed by atoms with van der Waals surface area (Å²) < 4.78 is 23.2. The lowest BCUT2D eigenvalue weighted by atomic mass is 10.2. The molecule has 0 fully saturated rings. The first-order valence-corrected chi connectivity index (χ1v) is 10.3. The Labute approximate surface area is 167 Å². The Kier molecular flexibility index (Phi) is 11.6. The van der Waals surface area contributed by atoms with Crippen molar-refractivity contribution < 1.29 is 18.0 Å². The molecule has 1 rings (SSSR count). The van der Waals surface area contributed by atoms with Crippen molar-refractivity contribution in [3.8, 4) is 0 Å². The van der Waals surface area contributed by atoms with Gasteiger partial charge in [-0.05, 0) is 37.4 Å². The third kappa shape index (κ3) is 9.55. The van der Waals surface area contributed by atoms with Crippen LogP contribution in [0.25, 0.3) is 0 Å². The number of carbonyl (C=O) groups excluding carboxylic acids is 2. The normalized spacial score (nSPS) is 10.8. The zero-order chi connectivity index (χ0) is 19.6. The fourth-order valence-corrected chi connectivity index (χ4v) is 3.26. The first-order chi connectivity index (χ1) is 12.3. The standard InChI is InChI=1S/C18H27N3O4S.ClH/c1-4-13-26(24,25)14-17(22)20-16-9-7-15(8-10-16)18(23)19-11-12-21(5-2)6-3;/h4,7-10H,1,5-6,11-14H2,2-3H3,(H,19,23)(H,20,22);1H. The molecule has 2 amide bonds. The quantitative estimate of drug-likeness (QED) is 0.534. The molecule has 0 radical (unpaired) electrons. The van der Waals surface area contributed by atoms with E-state index in [0.29, 0.717) is 17.8 Å². The number of hydrogen-bond acceptors (Lipinski definition) is 5. The molecule has 1 aromatic rings. The molecule has 152 valence electrons. The van der Waals surface area contributed by atoms with Crippen LogP contribution in [0.1, 0.15) is 24.2 Å². The van der Waals surface area contributed by atoms with Gasteiger partial charge in [-0.1, -0.05) is 19.9 Å². The molecule has 0 bridgehead atoms. The Morgan fingerprint density at radius 1 is 1.15 bits per heavy atom. The van der Waals surface area contributed by atoms with Crippen LogP contribution >= 0.6 is 12.4 Å². The molecule has 0 spiro atoms. The lowest BCUT2D eigenvalue weighted by Gasteiger charge is -2.17. The second kappa shape index (κ2) is 12.5. The summed E-state index contributed by atoms with van der Waals surface area (Å²) in [6.45, 7) is 10.7. The van der Waals surface area contributed by atoms with Gasteiger partial charge in [-0.25, -0.2) is 8.42 Å². The molecule has 0 atom stereocenters. The number of sulfone groups is 1. The van der Waals surface area contributed by atoms with Gasteiger partial charge in [0.1, 0.15) is 5.75 Å². The molecule has 0 heterocycles. The Hall–Kier alpha value is -1.90. The number of halogens is 1. The van der Waals surface area contributed by atoms with E-state index in [0.717, 1.165) is 19.6 Å². The SMILES string of the molecule is C=CCS(=O)(=O)CC(=O)Nc1ccc(C(=O)NCCN(CC)CC)cc1.Cl. The van der Waals surface area contributed by atoms with E-state index in [1.165, 1.54) is 6.08 Å². The van der Waals surface area contributed by atoms with E-state index in [1.807, 2.05) is 0 Å². The summed E-state index contributed by atoms with van der Waals surface area (Å²) in [5, 5.41) is 5.35. The average Bonchev–Trinajstić information content (AvgIpc) is 2.58. The maximum atomic E-state index is 12.1. The number of rotatable bonds is 11. The summed E-state index contributed by atoms with van der Waals surface area (Å²) in [7, 11) is -3.49. The van der Waals surface area contributed by atoms with E-state index in [2.05, 4.69) is 36.0 Å². The summed E-state index contributed by atoms with van der Waals surface area (Å²) in [5.41, 5.74) is 0.908. The minimum Gasteiger partial charge on any atom is -0.351 e. The number of nitrogens with zero attached hydrogens (tertiary/aromatic N) is 1. The smallest absolute Gasteiger partial charge is 0.251 e. The molecule has 0 aliphatic rings. The molecule has 0 aromatic heterocycles. The Morgan fingerprint density at radius 2 is 1.74 bits per heavy atom. The molecular formula is C18H28ClN3O4S. The van der Waals surface area contributed by atoms with Crippen LogP contribution in [0.15, 0.2) is 36.9 Å². The van der Waals surface area contributed by atoms with Gasteiger partial charge in [0.25, 0.3) is 5.91 Å². The van der Waals surface area contributed by atoms with Crippen LogP contribution in [0.5, 0.6) is 0 Å². The van der Waals surface area contributed by atoms with E-state index in [1.54, 1.807) is 24.3 Å². The van der Waals surface area contributed by atoms with Crippen LogP contribution in [0.4, 0.5) is 5.69 Å². The Bertz CT molecular complexity index is 717. The number of likely N-dealkylation sites (N-methyl/N-ethyl adjacent to an activating group) is 1. The maximum Gasteiger partial charge on any atom is 0.251 e. The minimum absolute atomic E-state index is 0. The molecule has 0 saturated carbocycles. The average molecular weight is 418 g/mol. The van der Waals surface area contributed by atoms with Crippen LogP contribution in [0, 0.1) is 0 Å². The van der Waals surface area contributed by atoms with Crippen LogP contribution in [0.2, 0.25) is 0 Å². The summed E-state index contributed by atoms with van der Waals surface area (Å²) >= 11 is 0. The van der Waals surface area contributed by atoms with Crippen molar-refractivity contribution in [2.24, 2.45) is 0 Å². The molecule has 1 aromatic carbocycles. The van der Waals surface area contributed by atoms with Gasteiger partial charge in [-0.2, -0.15) is 0 Å². The van der Waals surface area contributed by atoms with Gasteiger partial charge in [-0.3, -0.25) is 9.59 Å². The van der Waals surface area contributed by atoms with Gasteiger partial charge >= 0.3 is 0 Å². The van der Waals surface area contributed by atoms with E-state index in [-0.39, 0.29) is 24.1 Å². The summed E-state index contributed by atoms with van der Waals surface area (Å²) in [4.78, 5) is 26.1. The number of amides is 2. The Morgan fingerprint density at radius 3 is 2.26 bits per heavy atom. The van der Waals surface area contributed by atoms with Gasteiger partial charge in [-0.15, -0.1) is 19.0 Å². The van der Waals surface area contributed by atoms with Gasteiger partial charge in [0.05, 0.1) is 5.75 Å². The summed E-state index contributed by atoms with van der Waals surface area (Å²) in [6, 6.07) is 6.30. The number of benzene rings is 1. The van der Waals surface area contributed by atoms with E-state index in [9.17, 15) is 18.0 Å². The van der Waals surface area contributed by atoms with E-state index >= 15 is 0 Å². The summed E-state index contributed by atoms with van der Waals surface area (Å²) in [5.74, 6) is -1.66. The van der Waals surface area contributed by atoms with Gasteiger partial charge in [0.2, 0.25) is 5.91 Å². The predicted molar refractivity (Wildman–Crippen MR) is 111 cm³/mol. The van der Waals surface area contributed by atoms with Crippen LogP contribution in [0.3, 0.4) is 0 Å². The molecule has 0 saturated heterocycles. The van der Waals surface area contributed by atoms with Crippen LogP contribution < -0.4 is 10.6 Å². The first-order valence-electron chi connectivity index (χ1n) is 8.53. The van der Waals surface area contributed by atoms with Crippen LogP contribution in [-0.4, -0.2) is 62.8 Å². The number of hydrogen-bond donors (Lipinski definition) is 2. The van der Waals surface area contributed by atoms with Crippen molar-refractivity contribution in [3.63, 3.8) is 0 Å². The van der Waals surface area contributed by atoms with Crippen molar-refractivity contribution in [1.82, 2.24) is 10.2 Å². The van der Waals surface area contributed by atoms with Gasteiger partial charge < -0.3 is 15.5 Å². The zero-order valence-electron chi connectivity index (χ0n) is 15.7. The largest absolute Gasteiger partial charge is 0.351 e. The van der Waals surface area contributed by atoms with Crippen molar-refractivity contribution in [3.05, 3.63) is 42.5 Å². The Balaban J connectivity index is 0.00000676. The molecular weight excluding hydrogens is 390 g/mol. The summed E-state index contributed by atoms with van der Waals surface area (Å²) in [6.07, 6.45) is 1.25. The first kappa shape index (κ1) is 25.1. The highest BCUT2D eigenvalue weighted by Gasteiger charge is 2.15. The molecule has 0 aliphatic heterocycles. The lowest BCUT2D eigenvalue weighted by Crippen LogP contribution is -2.34. The van der Waals surface area contributed by atoms with Crippen molar-refractivity contribution in [2.75, 3.05) is 43.0 Å². The fourth-order valence-electron chi connectivity index (χ4n) is 2.31. The van der Waals surface area contributed by atoms with Crippen molar-refractivity contribution in [2.45, 2.75) is 13.8 Å². The zero-order valence-corrected chi connectivity index (χ0v) is 17.4. The third-order valence-electron chi connectivity index (χ3n) is 3.76. The number of anilines is 1. The van der Waals surface area contributed by atoms with Gasteiger partial charge in [0, 0.05) is 24.3 Å². The monoisotopic (exact) mass is 417 g/mol. The molecule has 2 N–H and O–H groups in total. The molecule has 0 unspecified atom stereocenters. The second-order valence-corrected chi connectivity index (χ2v) is 7.86. The van der Waals surface area contributed by atoms with Gasteiger partial charge in [0.15, 0.2) is 9.84 Å². The maximum absolute atomic E-state index is 12.1. The van der Waals surface area contributed by atoms with E-state index in [4.69, 9.17) is 0 Å². The lowest BCUT2D eigenvalue weighted by molar-refractivity contribution is -0.113. The topological polar surface area (TPSA) is 95.6 Å². The van der Waals surface area contributed by atoms with Crippen molar-refractivity contribution in [1.29, 1.82) is 0 Å². The molecule has 9 heteroatoms. The molecule has 27 heavy (non-hydrogen) atoms. The van der Waals surface area contributed by atoms with Crippen LogP contribution in [-0.2, 0) is 14.6 Å². The molecule has 7 nitrogen and oxygen atoms in total. The number of carbonyl (C=O) groups is 2. The van der Waals surface area contributed by atoms with E-state index < -0.39 is 21.5 Å². The second-order valence-electron chi connectivity index (χ2n) is 5.75. The highest BCUT2D eigenvalue weighted by molar-refractivity contribution is 7.92. The highest BCUT2D eigenvalue weighted by Crippen LogP contribution is 2.10. The fraction of sp³-hybridized carbons (Fsp3) is 0.444.